The first kappa shape index (κ1) is 19.2. The van der Waals surface area contributed by atoms with Gasteiger partial charge in [-0.15, -0.1) is 0 Å². The molecule has 118 valence electrons. The Morgan fingerprint density at radius 1 is 1.15 bits per heavy atom. The molecule has 1 saturated carbocycles. The largest absolute Gasteiger partial charge is 0.350 e. The summed E-state index contributed by atoms with van der Waals surface area (Å²) in [5.41, 5.74) is 0. The van der Waals surface area contributed by atoms with Crippen molar-refractivity contribution in [2.75, 3.05) is 0 Å². The third-order valence-corrected chi connectivity index (χ3v) is 3.93. The van der Waals surface area contributed by atoms with Gasteiger partial charge in [0, 0.05) is 6.04 Å². The first-order chi connectivity index (χ1) is 9.63. The van der Waals surface area contributed by atoms with E-state index in [9.17, 15) is 4.79 Å². The number of amides is 1. The highest BCUT2D eigenvalue weighted by atomic mass is 16.1. The van der Waals surface area contributed by atoms with E-state index in [1.54, 1.807) is 0 Å². The lowest BCUT2D eigenvalue weighted by Gasteiger charge is -2.26. The van der Waals surface area contributed by atoms with E-state index in [4.69, 9.17) is 0 Å². The summed E-state index contributed by atoms with van der Waals surface area (Å²) < 4.78 is 0. The van der Waals surface area contributed by atoms with Crippen molar-refractivity contribution in [3.8, 4) is 0 Å². The van der Waals surface area contributed by atoms with Crippen molar-refractivity contribution >= 4 is 5.91 Å². The molecular weight excluding hydrogens is 246 g/mol. The fourth-order valence-corrected chi connectivity index (χ4v) is 2.68. The Morgan fingerprint density at radius 3 is 2.20 bits per heavy atom. The maximum atomic E-state index is 11.0. The SMILES string of the molecule is C=CC(=O)N[C@H]1CCCC(C)C1.CCCCCCCC. The Labute approximate surface area is 126 Å². The Hall–Kier alpha value is -0.790. The van der Waals surface area contributed by atoms with Crippen LogP contribution in [-0.4, -0.2) is 11.9 Å². The molecule has 1 N–H and O–H groups in total. The van der Waals surface area contributed by atoms with Crippen LogP contribution in [0.4, 0.5) is 0 Å². The smallest absolute Gasteiger partial charge is 0.243 e. The van der Waals surface area contributed by atoms with Crippen LogP contribution in [0, 0.1) is 5.92 Å². The topological polar surface area (TPSA) is 29.1 Å². The van der Waals surface area contributed by atoms with E-state index in [-0.39, 0.29) is 5.91 Å². The lowest BCUT2D eigenvalue weighted by molar-refractivity contribution is -0.117. The highest BCUT2D eigenvalue weighted by Crippen LogP contribution is 2.23. The lowest BCUT2D eigenvalue weighted by atomic mass is 9.87. The summed E-state index contributed by atoms with van der Waals surface area (Å²) in [5, 5.41) is 2.94. The van der Waals surface area contributed by atoms with Gasteiger partial charge in [0.25, 0.3) is 0 Å². The molecule has 1 rings (SSSR count). The maximum absolute atomic E-state index is 11.0. The van der Waals surface area contributed by atoms with E-state index in [0.29, 0.717) is 6.04 Å². The van der Waals surface area contributed by atoms with Crippen molar-refractivity contribution < 1.29 is 4.79 Å². The van der Waals surface area contributed by atoms with E-state index in [2.05, 4.69) is 32.7 Å². The molecule has 1 fully saturated rings. The van der Waals surface area contributed by atoms with Crippen molar-refractivity contribution in [1.29, 1.82) is 0 Å². The van der Waals surface area contributed by atoms with Gasteiger partial charge in [-0.25, -0.2) is 0 Å². The standard InChI is InChI=1S/C10H17NO.C8H18/c1-3-10(12)11-9-6-4-5-8(2)7-9;1-3-5-7-8-6-4-2/h3,8-9H,1,4-7H2,2H3,(H,11,12);3-8H2,1-2H3/t8?,9-;/m0./s1. The number of nitrogens with one attached hydrogen (secondary N) is 1. The third-order valence-electron chi connectivity index (χ3n) is 3.93. The molecule has 1 unspecified atom stereocenters. The molecule has 0 heterocycles. The third kappa shape index (κ3) is 11.1. The molecule has 0 saturated heterocycles. The van der Waals surface area contributed by atoms with Crippen molar-refractivity contribution in [3.63, 3.8) is 0 Å². The van der Waals surface area contributed by atoms with Gasteiger partial charge in [0.05, 0.1) is 0 Å². The van der Waals surface area contributed by atoms with Gasteiger partial charge in [0.2, 0.25) is 5.91 Å². The second kappa shape index (κ2) is 13.2. The Bertz CT molecular complexity index is 244. The van der Waals surface area contributed by atoms with Gasteiger partial charge in [-0.2, -0.15) is 0 Å². The molecule has 1 aliphatic rings. The van der Waals surface area contributed by atoms with Crippen LogP contribution in [0.2, 0.25) is 0 Å². The number of carbonyl (C=O) groups is 1. The number of carbonyl (C=O) groups excluding carboxylic acids is 1. The minimum atomic E-state index is -0.0332. The summed E-state index contributed by atoms with van der Waals surface area (Å²) in [7, 11) is 0. The zero-order chi connectivity index (χ0) is 15.2. The fraction of sp³-hybridized carbons (Fsp3) is 0.833. The molecule has 0 aromatic heterocycles. The highest BCUT2D eigenvalue weighted by molar-refractivity contribution is 5.87. The highest BCUT2D eigenvalue weighted by Gasteiger charge is 2.19. The Morgan fingerprint density at radius 2 is 1.75 bits per heavy atom. The summed E-state index contributed by atoms with van der Waals surface area (Å²) in [6, 6.07) is 0.388. The molecule has 0 aliphatic heterocycles. The predicted molar refractivity (Wildman–Crippen MR) is 88.8 cm³/mol. The average molecular weight is 281 g/mol. The zero-order valence-corrected chi connectivity index (χ0v) is 13.9. The van der Waals surface area contributed by atoms with E-state index >= 15 is 0 Å². The Kier molecular flexibility index (Phi) is 12.7. The first-order valence-electron chi connectivity index (χ1n) is 8.56. The number of hydrogen-bond acceptors (Lipinski definition) is 1. The first-order valence-corrected chi connectivity index (χ1v) is 8.56. The van der Waals surface area contributed by atoms with Gasteiger partial charge in [0.1, 0.15) is 0 Å². The molecule has 2 atom stereocenters. The molecule has 0 radical (unpaired) electrons. The molecule has 2 nitrogen and oxygen atoms in total. The average Bonchev–Trinajstić information content (AvgIpc) is 2.44. The molecule has 0 spiro atoms. The fourth-order valence-electron chi connectivity index (χ4n) is 2.68. The summed E-state index contributed by atoms with van der Waals surface area (Å²) >= 11 is 0. The van der Waals surface area contributed by atoms with E-state index < -0.39 is 0 Å². The van der Waals surface area contributed by atoms with Crippen LogP contribution in [0.25, 0.3) is 0 Å². The minimum absolute atomic E-state index is 0.0332. The van der Waals surface area contributed by atoms with Crippen molar-refractivity contribution in [3.05, 3.63) is 12.7 Å². The molecule has 0 aromatic carbocycles. The second-order valence-corrected chi connectivity index (χ2v) is 6.10. The van der Waals surface area contributed by atoms with Crippen LogP contribution in [-0.2, 0) is 4.79 Å². The molecule has 1 amide bonds. The normalized spacial score (nSPS) is 21.6. The molecule has 20 heavy (non-hydrogen) atoms. The lowest BCUT2D eigenvalue weighted by Crippen LogP contribution is -2.36. The van der Waals surface area contributed by atoms with Gasteiger partial charge >= 0.3 is 0 Å². The van der Waals surface area contributed by atoms with Crippen LogP contribution in [0.1, 0.15) is 85.0 Å². The van der Waals surface area contributed by atoms with Crippen molar-refractivity contribution in [2.45, 2.75) is 91.0 Å². The van der Waals surface area contributed by atoms with E-state index in [1.165, 1.54) is 57.4 Å². The quantitative estimate of drug-likeness (QED) is 0.502. The number of hydrogen-bond donors (Lipinski definition) is 1. The molecule has 2 heteroatoms. The zero-order valence-electron chi connectivity index (χ0n) is 13.9. The van der Waals surface area contributed by atoms with Crippen LogP contribution in [0.15, 0.2) is 12.7 Å². The summed E-state index contributed by atoms with van der Waals surface area (Å²) in [6.45, 7) is 10.2. The molecule has 1 aliphatic carbocycles. The van der Waals surface area contributed by atoms with Crippen LogP contribution in [0.5, 0.6) is 0 Å². The van der Waals surface area contributed by atoms with Gasteiger partial charge in [-0.1, -0.05) is 78.7 Å². The number of rotatable bonds is 7. The monoisotopic (exact) mass is 281 g/mol. The number of unbranched alkanes of at least 4 members (excludes halogenated alkanes) is 5. The van der Waals surface area contributed by atoms with Crippen molar-refractivity contribution in [2.24, 2.45) is 5.92 Å². The van der Waals surface area contributed by atoms with Crippen LogP contribution in [0.3, 0.4) is 0 Å². The van der Waals surface area contributed by atoms with Gasteiger partial charge in [-0.05, 0) is 24.8 Å². The van der Waals surface area contributed by atoms with Crippen LogP contribution < -0.4 is 5.32 Å². The van der Waals surface area contributed by atoms with Gasteiger partial charge in [0.15, 0.2) is 0 Å². The van der Waals surface area contributed by atoms with Crippen molar-refractivity contribution in [1.82, 2.24) is 5.32 Å². The predicted octanol–water partition coefficient (Wildman–Crippen LogP) is 5.23. The summed E-state index contributed by atoms with van der Waals surface area (Å²) in [6.07, 6.45) is 14.6. The Balaban J connectivity index is 0.000000396. The van der Waals surface area contributed by atoms with Gasteiger partial charge < -0.3 is 5.32 Å². The summed E-state index contributed by atoms with van der Waals surface area (Å²) in [5.74, 6) is 0.725. The van der Waals surface area contributed by atoms with E-state index in [0.717, 1.165) is 18.8 Å². The second-order valence-electron chi connectivity index (χ2n) is 6.10. The van der Waals surface area contributed by atoms with Gasteiger partial charge in [-0.3, -0.25) is 4.79 Å². The van der Waals surface area contributed by atoms with Crippen LogP contribution >= 0.6 is 0 Å². The minimum Gasteiger partial charge on any atom is -0.350 e. The maximum Gasteiger partial charge on any atom is 0.243 e. The summed E-state index contributed by atoms with van der Waals surface area (Å²) in [4.78, 5) is 11.0. The molecular formula is C18H35NO. The van der Waals surface area contributed by atoms with E-state index in [1.807, 2.05) is 0 Å². The molecule has 0 aromatic rings. The molecule has 0 bridgehead atoms.